The molecule has 94 valence electrons. The van der Waals surface area contributed by atoms with E-state index in [1.54, 1.807) is 6.07 Å². The van der Waals surface area contributed by atoms with Crippen LogP contribution in [0.4, 0.5) is 17.3 Å². The van der Waals surface area contributed by atoms with Crippen LogP contribution in [0.2, 0.25) is 0 Å². The van der Waals surface area contributed by atoms with E-state index >= 15 is 0 Å². The number of hydrogen-bond donors (Lipinski definition) is 2. The van der Waals surface area contributed by atoms with E-state index in [1.165, 1.54) is 6.07 Å². The molecule has 6 heteroatoms. The molecule has 0 aliphatic heterocycles. The summed E-state index contributed by atoms with van der Waals surface area (Å²) >= 11 is 0. The standard InChI is InChI=1S/C11H18N4O2/c1-7(2)6-8(3)13-10-5-4-9(15(16)17)11(12)14-10/h4-5,7-8H,6H2,1-3H3,(H3,12,13,14). The zero-order chi connectivity index (χ0) is 13.0. The molecule has 1 aromatic rings. The second-order valence-electron chi connectivity index (χ2n) is 4.53. The first-order valence-electron chi connectivity index (χ1n) is 5.57. The number of anilines is 2. The average molecular weight is 238 g/mol. The van der Waals surface area contributed by atoms with Gasteiger partial charge in [0.15, 0.2) is 0 Å². The third-order valence-electron chi connectivity index (χ3n) is 2.32. The van der Waals surface area contributed by atoms with Crippen molar-refractivity contribution in [1.82, 2.24) is 4.98 Å². The van der Waals surface area contributed by atoms with Crippen molar-refractivity contribution in [1.29, 1.82) is 0 Å². The zero-order valence-electron chi connectivity index (χ0n) is 10.3. The number of rotatable bonds is 5. The summed E-state index contributed by atoms with van der Waals surface area (Å²) in [6.07, 6.45) is 0.999. The molecular weight excluding hydrogens is 220 g/mol. The highest BCUT2D eigenvalue weighted by Gasteiger charge is 2.13. The van der Waals surface area contributed by atoms with Crippen LogP contribution in [0.5, 0.6) is 0 Å². The first-order valence-corrected chi connectivity index (χ1v) is 5.57. The fourth-order valence-corrected chi connectivity index (χ4v) is 1.72. The fourth-order valence-electron chi connectivity index (χ4n) is 1.72. The smallest absolute Gasteiger partial charge is 0.311 e. The molecule has 0 saturated carbocycles. The molecule has 0 amide bonds. The van der Waals surface area contributed by atoms with Crippen molar-refractivity contribution in [2.24, 2.45) is 5.92 Å². The van der Waals surface area contributed by atoms with Gasteiger partial charge in [0.1, 0.15) is 5.82 Å². The summed E-state index contributed by atoms with van der Waals surface area (Å²) in [5, 5.41) is 13.7. The second-order valence-corrected chi connectivity index (χ2v) is 4.53. The Labute approximate surface area is 100 Å². The van der Waals surface area contributed by atoms with Crippen LogP contribution in [-0.2, 0) is 0 Å². The van der Waals surface area contributed by atoms with Crippen LogP contribution < -0.4 is 11.1 Å². The Bertz CT molecular complexity index is 406. The lowest BCUT2D eigenvalue weighted by molar-refractivity contribution is -0.384. The number of nitrogens with two attached hydrogens (primary N) is 1. The van der Waals surface area contributed by atoms with Crippen LogP contribution in [-0.4, -0.2) is 15.9 Å². The molecule has 0 aliphatic rings. The third-order valence-corrected chi connectivity index (χ3v) is 2.32. The number of nitrogens with zero attached hydrogens (tertiary/aromatic N) is 2. The predicted molar refractivity (Wildman–Crippen MR) is 67.8 cm³/mol. The number of pyridine rings is 1. The first-order chi connectivity index (χ1) is 7.90. The van der Waals surface area contributed by atoms with Crippen LogP contribution in [0, 0.1) is 16.0 Å². The summed E-state index contributed by atoms with van der Waals surface area (Å²) in [5.41, 5.74) is 5.35. The Morgan fingerprint density at radius 3 is 2.59 bits per heavy atom. The van der Waals surface area contributed by atoms with Crippen molar-refractivity contribution in [3.63, 3.8) is 0 Å². The van der Waals surface area contributed by atoms with Crippen LogP contribution in [0.3, 0.4) is 0 Å². The fraction of sp³-hybridized carbons (Fsp3) is 0.545. The Morgan fingerprint density at radius 2 is 2.12 bits per heavy atom. The average Bonchev–Trinajstić information content (AvgIpc) is 2.15. The van der Waals surface area contributed by atoms with Crippen LogP contribution in [0.15, 0.2) is 12.1 Å². The second kappa shape index (κ2) is 5.47. The molecule has 0 spiro atoms. The van der Waals surface area contributed by atoms with E-state index in [0.29, 0.717) is 11.7 Å². The van der Waals surface area contributed by atoms with E-state index in [2.05, 4.69) is 24.1 Å². The SMILES string of the molecule is CC(C)CC(C)Nc1ccc([N+](=O)[O-])c(N)n1. The summed E-state index contributed by atoms with van der Waals surface area (Å²) < 4.78 is 0. The summed E-state index contributed by atoms with van der Waals surface area (Å²) in [6.45, 7) is 6.31. The van der Waals surface area contributed by atoms with Gasteiger partial charge < -0.3 is 11.1 Å². The van der Waals surface area contributed by atoms with Crippen LogP contribution >= 0.6 is 0 Å². The molecular formula is C11H18N4O2. The molecule has 1 rings (SSSR count). The van der Waals surface area contributed by atoms with Crippen molar-refractivity contribution in [2.75, 3.05) is 11.1 Å². The summed E-state index contributed by atoms with van der Waals surface area (Å²) in [4.78, 5) is 14.0. The van der Waals surface area contributed by atoms with Gasteiger partial charge in [-0.3, -0.25) is 10.1 Å². The van der Waals surface area contributed by atoms with Gasteiger partial charge in [0.05, 0.1) is 4.92 Å². The molecule has 6 nitrogen and oxygen atoms in total. The molecule has 17 heavy (non-hydrogen) atoms. The zero-order valence-corrected chi connectivity index (χ0v) is 10.3. The van der Waals surface area contributed by atoms with E-state index in [9.17, 15) is 10.1 Å². The monoisotopic (exact) mass is 238 g/mol. The van der Waals surface area contributed by atoms with Crippen molar-refractivity contribution in [3.8, 4) is 0 Å². The van der Waals surface area contributed by atoms with Crippen molar-refractivity contribution < 1.29 is 4.92 Å². The molecule has 0 saturated heterocycles. The molecule has 0 radical (unpaired) electrons. The van der Waals surface area contributed by atoms with Gasteiger partial charge in [-0.25, -0.2) is 4.98 Å². The lowest BCUT2D eigenvalue weighted by Gasteiger charge is -2.16. The number of aromatic nitrogens is 1. The Kier molecular flexibility index (Phi) is 4.25. The first kappa shape index (κ1) is 13.2. The third kappa shape index (κ3) is 3.90. The highest BCUT2D eigenvalue weighted by atomic mass is 16.6. The minimum Gasteiger partial charge on any atom is -0.378 e. The maximum atomic E-state index is 10.6. The van der Waals surface area contributed by atoms with Crippen molar-refractivity contribution in [2.45, 2.75) is 33.2 Å². The maximum Gasteiger partial charge on any atom is 0.311 e. The number of nitrogens with one attached hydrogen (secondary N) is 1. The Balaban J connectivity index is 2.74. The molecule has 0 aromatic carbocycles. The Morgan fingerprint density at radius 1 is 1.47 bits per heavy atom. The Hall–Kier alpha value is -1.85. The highest BCUT2D eigenvalue weighted by molar-refractivity contribution is 5.57. The molecule has 0 aliphatic carbocycles. The van der Waals surface area contributed by atoms with Gasteiger partial charge in [-0.15, -0.1) is 0 Å². The number of nitrogen functional groups attached to an aromatic ring is 1. The van der Waals surface area contributed by atoms with Crippen LogP contribution in [0.25, 0.3) is 0 Å². The van der Waals surface area contributed by atoms with Crippen molar-refractivity contribution in [3.05, 3.63) is 22.2 Å². The quantitative estimate of drug-likeness (QED) is 0.606. The minimum absolute atomic E-state index is 0.0586. The van der Waals surface area contributed by atoms with Gasteiger partial charge in [-0.1, -0.05) is 13.8 Å². The molecule has 0 bridgehead atoms. The van der Waals surface area contributed by atoms with E-state index in [0.717, 1.165) is 6.42 Å². The van der Waals surface area contributed by atoms with E-state index < -0.39 is 4.92 Å². The molecule has 1 atom stereocenters. The summed E-state index contributed by atoms with van der Waals surface area (Å²) in [5.74, 6) is 1.09. The topological polar surface area (TPSA) is 94.1 Å². The predicted octanol–water partition coefficient (Wildman–Crippen LogP) is 2.42. The lowest BCUT2D eigenvalue weighted by atomic mass is 10.1. The normalized spacial score (nSPS) is 12.5. The van der Waals surface area contributed by atoms with Crippen molar-refractivity contribution >= 4 is 17.3 Å². The largest absolute Gasteiger partial charge is 0.378 e. The van der Waals surface area contributed by atoms with Gasteiger partial charge in [0.25, 0.3) is 0 Å². The summed E-state index contributed by atoms with van der Waals surface area (Å²) in [7, 11) is 0. The highest BCUT2D eigenvalue weighted by Crippen LogP contribution is 2.21. The number of nitro groups is 1. The lowest BCUT2D eigenvalue weighted by Crippen LogP contribution is -2.18. The maximum absolute atomic E-state index is 10.6. The van der Waals surface area contributed by atoms with Gasteiger partial charge in [0, 0.05) is 12.1 Å². The van der Waals surface area contributed by atoms with Crippen LogP contribution in [0.1, 0.15) is 27.2 Å². The van der Waals surface area contributed by atoms with Gasteiger partial charge in [-0.2, -0.15) is 0 Å². The molecule has 1 aromatic heterocycles. The summed E-state index contributed by atoms with van der Waals surface area (Å²) in [6, 6.07) is 3.20. The molecule has 3 N–H and O–H groups in total. The molecule has 0 fully saturated rings. The van der Waals surface area contributed by atoms with Gasteiger partial charge in [-0.05, 0) is 25.3 Å². The van der Waals surface area contributed by atoms with E-state index in [4.69, 9.17) is 5.73 Å². The number of hydrogen-bond acceptors (Lipinski definition) is 5. The van der Waals surface area contributed by atoms with Gasteiger partial charge >= 0.3 is 5.69 Å². The molecule has 1 heterocycles. The van der Waals surface area contributed by atoms with E-state index in [1.807, 2.05) is 6.92 Å². The molecule has 1 unspecified atom stereocenters. The van der Waals surface area contributed by atoms with E-state index in [-0.39, 0.29) is 17.5 Å². The van der Waals surface area contributed by atoms with Gasteiger partial charge in [0.2, 0.25) is 5.82 Å². The minimum atomic E-state index is -0.538.